The fraction of sp³-hybridized carbons (Fsp3) is 0.500. The van der Waals surface area contributed by atoms with E-state index in [-0.39, 0.29) is 0 Å². The molecule has 0 rings (SSSR count). The highest BCUT2D eigenvalue weighted by atomic mass is 79.9. The molecule has 1 nitrogen and oxygen atoms in total. The zero-order chi connectivity index (χ0) is 7.11. The van der Waals surface area contributed by atoms with E-state index in [9.17, 15) is 0 Å². The maximum atomic E-state index is 5.18. The van der Waals surface area contributed by atoms with Gasteiger partial charge in [-0.15, -0.1) is 0 Å². The zero-order valence-electron chi connectivity index (χ0n) is 4.94. The van der Waals surface area contributed by atoms with E-state index < -0.39 is 0 Å². The van der Waals surface area contributed by atoms with Gasteiger partial charge in [0.05, 0.1) is 10.00 Å². The molecule has 0 aliphatic heterocycles. The Balaban J connectivity index is 3.00. The molecule has 0 saturated heterocycles. The van der Waals surface area contributed by atoms with Crippen LogP contribution in [0.2, 0.25) is 0 Å². The highest BCUT2D eigenvalue weighted by molar-refractivity contribution is 9.28. The van der Waals surface area contributed by atoms with Gasteiger partial charge in [-0.1, -0.05) is 0 Å². The Labute approximate surface area is 72.7 Å². The van der Waals surface area contributed by atoms with Crippen LogP contribution in [0.1, 0.15) is 6.42 Å². The molecule has 0 aromatic carbocycles. The number of halogens is 2. The van der Waals surface area contributed by atoms with Crippen molar-refractivity contribution in [1.82, 2.24) is 0 Å². The molecule has 52 valence electrons. The summed E-state index contributed by atoms with van der Waals surface area (Å²) < 4.78 is 5.94. The molecule has 0 atom stereocenters. The lowest BCUT2D eigenvalue weighted by atomic mass is 10.5. The minimum absolute atomic E-state index is 0.577. The van der Waals surface area contributed by atoms with Crippen LogP contribution < -0.4 is 0 Å². The molecule has 0 heterocycles. The molecule has 9 heavy (non-hydrogen) atoms. The molecule has 0 unspecified atom stereocenters. The molecule has 3 heteroatoms. The first-order valence-corrected chi connectivity index (χ1v) is 4.15. The van der Waals surface area contributed by atoms with Gasteiger partial charge < -0.3 is 4.74 Å². The second-order valence-electron chi connectivity index (χ2n) is 1.36. The second kappa shape index (κ2) is 6.78. The van der Waals surface area contributed by atoms with Crippen LogP contribution in [-0.4, -0.2) is 13.2 Å². The van der Waals surface area contributed by atoms with E-state index in [0.717, 1.165) is 3.39 Å². The molecule has 0 bridgehead atoms. The summed E-state index contributed by atoms with van der Waals surface area (Å²) in [5, 5.41) is 0. The third-order valence-corrected chi connectivity index (χ3v) is 1.27. The lowest BCUT2D eigenvalue weighted by molar-refractivity contribution is 0.167. The normalized spacial score (nSPS) is 9.22. The molecular weight excluding hydrogens is 248 g/mol. The van der Waals surface area contributed by atoms with E-state index in [0.29, 0.717) is 19.6 Å². The maximum Gasteiger partial charge on any atom is 0.0666 e. The van der Waals surface area contributed by atoms with Crippen molar-refractivity contribution in [2.24, 2.45) is 0 Å². The maximum absolute atomic E-state index is 5.18. The highest BCUT2D eigenvalue weighted by Crippen LogP contribution is 2.11. The summed E-state index contributed by atoms with van der Waals surface area (Å²) >= 11 is 6.39. The molecule has 0 aromatic rings. The molecule has 0 fully saturated rings. The van der Waals surface area contributed by atoms with Crippen molar-refractivity contribution < 1.29 is 4.74 Å². The summed E-state index contributed by atoms with van der Waals surface area (Å²) in [6, 6.07) is 0. The van der Waals surface area contributed by atoms with E-state index in [4.69, 9.17) is 11.7 Å². The zero-order valence-corrected chi connectivity index (χ0v) is 8.11. The van der Waals surface area contributed by atoms with Crippen molar-refractivity contribution in [1.29, 1.82) is 0 Å². The van der Waals surface area contributed by atoms with Crippen molar-refractivity contribution in [2.45, 2.75) is 6.42 Å². The predicted molar refractivity (Wildman–Crippen MR) is 45.7 cm³/mol. The van der Waals surface area contributed by atoms with Gasteiger partial charge in [0.1, 0.15) is 0 Å². The molecule has 0 N–H and O–H groups in total. The minimum Gasteiger partial charge on any atom is -0.377 e. The van der Waals surface area contributed by atoms with Crippen LogP contribution in [0.3, 0.4) is 0 Å². The smallest absolute Gasteiger partial charge is 0.0666 e. The van der Waals surface area contributed by atoms with Crippen LogP contribution in [0.15, 0.2) is 9.47 Å². The molecule has 0 aliphatic rings. The first-order valence-electron chi connectivity index (χ1n) is 2.56. The monoisotopic (exact) mass is 254 g/mol. The Morgan fingerprint density at radius 3 is 2.67 bits per heavy atom. The number of hydrogen-bond acceptors (Lipinski definition) is 1. The fourth-order valence-corrected chi connectivity index (χ4v) is 0.553. The Hall–Kier alpha value is 0.660. The van der Waals surface area contributed by atoms with Crippen LogP contribution in [-0.2, 0) is 4.74 Å². The van der Waals surface area contributed by atoms with Crippen LogP contribution in [0.4, 0.5) is 0 Å². The predicted octanol–water partition coefficient (Wildman–Crippen LogP) is 2.74. The molecule has 0 saturated carbocycles. The summed E-state index contributed by atoms with van der Waals surface area (Å²) in [5.41, 5.74) is 0. The Kier molecular flexibility index (Phi) is 7.27. The standard InChI is InChI=1S/C6H8Br2O/c1-2-4-9-5-3-6(7)8/h1,3H,2,4-5H2. The van der Waals surface area contributed by atoms with Gasteiger partial charge in [0.25, 0.3) is 0 Å². The Morgan fingerprint density at radius 1 is 1.56 bits per heavy atom. The average molecular weight is 256 g/mol. The quantitative estimate of drug-likeness (QED) is 0.702. The average Bonchev–Trinajstić information content (AvgIpc) is 1.80. The van der Waals surface area contributed by atoms with Gasteiger partial charge >= 0.3 is 0 Å². The largest absolute Gasteiger partial charge is 0.377 e. The van der Waals surface area contributed by atoms with Crippen molar-refractivity contribution in [3.63, 3.8) is 0 Å². The van der Waals surface area contributed by atoms with E-state index in [1.807, 2.05) is 6.08 Å². The highest BCUT2D eigenvalue weighted by Gasteiger charge is 1.82. The summed E-state index contributed by atoms with van der Waals surface area (Å²) in [6.45, 7) is 6.39. The molecule has 2 radical (unpaired) electrons. The van der Waals surface area contributed by atoms with Crippen LogP contribution >= 0.6 is 31.9 Å². The van der Waals surface area contributed by atoms with Crippen molar-refractivity contribution in [3.05, 3.63) is 16.4 Å². The first-order chi connectivity index (χ1) is 4.27. The van der Waals surface area contributed by atoms with Gasteiger partial charge in [0, 0.05) is 6.61 Å². The number of hydrogen-bond donors (Lipinski definition) is 0. The van der Waals surface area contributed by atoms with Gasteiger partial charge in [-0.25, -0.2) is 0 Å². The van der Waals surface area contributed by atoms with Gasteiger partial charge in [-0.2, -0.15) is 0 Å². The molecule has 0 aromatic heterocycles. The second-order valence-corrected chi connectivity index (χ2v) is 4.13. The van der Waals surface area contributed by atoms with Gasteiger partial charge in [-0.3, -0.25) is 0 Å². The first kappa shape index (κ1) is 9.66. The summed E-state index contributed by atoms with van der Waals surface area (Å²) in [5.74, 6) is 0. The van der Waals surface area contributed by atoms with Crippen molar-refractivity contribution >= 4 is 31.9 Å². The van der Waals surface area contributed by atoms with E-state index in [2.05, 4.69) is 31.9 Å². The van der Waals surface area contributed by atoms with Gasteiger partial charge in [0.2, 0.25) is 0 Å². The van der Waals surface area contributed by atoms with Crippen LogP contribution in [0, 0.1) is 6.92 Å². The van der Waals surface area contributed by atoms with Crippen LogP contribution in [0.5, 0.6) is 0 Å². The lowest BCUT2D eigenvalue weighted by Crippen LogP contribution is -1.91. The van der Waals surface area contributed by atoms with Crippen LogP contribution in [0.25, 0.3) is 0 Å². The number of rotatable bonds is 4. The SMILES string of the molecule is [CH]CCOCC=C(Br)Br. The lowest BCUT2D eigenvalue weighted by Gasteiger charge is -1.94. The Bertz CT molecular complexity index is 87.1. The minimum atomic E-state index is 0.577. The third kappa shape index (κ3) is 8.66. The van der Waals surface area contributed by atoms with E-state index in [1.54, 1.807) is 0 Å². The van der Waals surface area contributed by atoms with E-state index >= 15 is 0 Å². The molecule has 0 amide bonds. The van der Waals surface area contributed by atoms with Crippen molar-refractivity contribution in [3.8, 4) is 0 Å². The fourth-order valence-electron chi connectivity index (χ4n) is 0.289. The molecular formula is C6H8Br2O. The van der Waals surface area contributed by atoms with E-state index in [1.165, 1.54) is 0 Å². The molecule has 0 aliphatic carbocycles. The topological polar surface area (TPSA) is 9.23 Å². The van der Waals surface area contributed by atoms with Gasteiger partial charge in [-0.05, 0) is 51.3 Å². The third-order valence-electron chi connectivity index (χ3n) is 0.618. The summed E-state index contributed by atoms with van der Waals surface area (Å²) in [4.78, 5) is 0. The van der Waals surface area contributed by atoms with Crippen molar-refractivity contribution in [2.75, 3.05) is 13.2 Å². The Morgan fingerprint density at radius 2 is 2.22 bits per heavy atom. The summed E-state index contributed by atoms with van der Waals surface area (Å²) in [6.07, 6.45) is 2.45. The number of ether oxygens (including phenoxy) is 1. The van der Waals surface area contributed by atoms with Gasteiger partial charge in [0.15, 0.2) is 0 Å². The molecule has 0 spiro atoms. The summed E-state index contributed by atoms with van der Waals surface area (Å²) in [7, 11) is 0.